The van der Waals surface area contributed by atoms with Crippen molar-refractivity contribution in [1.29, 1.82) is 0 Å². The van der Waals surface area contributed by atoms with Gasteiger partial charge in [-0.1, -0.05) is 19.2 Å². The largest absolute Gasteiger partial charge is 0.354 e. The first-order valence-corrected chi connectivity index (χ1v) is 12.5. The van der Waals surface area contributed by atoms with Gasteiger partial charge in [-0.3, -0.25) is 0 Å². The first-order chi connectivity index (χ1) is 17.4. The summed E-state index contributed by atoms with van der Waals surface area (Å²) >= 11 is 0. The first-order valence-electron chi connectivity index (χ1n) is 12.5. The third-order valence-corrected chi connectivity index (χ3v) is 6.41. The molecule has 1 saturated carbocycles. The lowest BCUT2D eigenvalue weighted by Gasteiger charge is -2.28. The smallest absolute Gasteiger partial charge is 0.248 e. The lowest BCUT2D eigenvalue weighted by molar-refractivity contribution is -0.0443. The van der Waals surface area contributed by atoms with Gasteiger partial charge in [0.2, 0.25) is 11.9 Å². The summed E-state index contributed by atoms with van der Waals surface area (Å²) in [6.45, 7) is 14.1. The maximum atomic E-state index is 13.3. The number of nitrogens with zero attached hydrogens (tertiary/aromatic N) is 4. The molecule has 0 radical (unpaired) electrons. The minimum Gasteiger partial charge on any atom is -0.354 e. The van der Waals surface area contributed by atoms with Gasteiger partial charge in [0.05, 0.1) is 17.4 Å². The van der Waals surface area contributed by atoms with Crippen LogP contribution in [-0.2, 0) is 0 Å². The zero-order chi connectivity index (χ0) is 27.2. The molecule has 200 valence electrons. The Bertz CT molecular complexity index is 1220. The minimum atomic E-state index is -2.50. The second-order valence-electron chi connectivity index (χ2n) is 10.1. The summed E-state index contributed by atoms with van der Waals surface area (Å²) in [4.78, 5) is 8.97. The van der Waals surface area contributed by atoms with Crippen molar-refractivity contribution in [1.82, 2.24) is 24.9 Å². The van der Waals surface area contributed by atoms with Crippen molar-refractivity contribution in [2.45, 2.75) is 58.0 Å². The zero-order valence-electron chi connectivity index (χ0n) is 22.1. The predicted octanol–water partition coefficient (Wildman–Crippen LogP) is 6.33. The third-order valence-electron chi connectivity index (χ3n) is 6.41. The SMILES string of the molecule is C=Cc1cnn2ccc(C(=C)c3cnc(NCC4CCC(F)(F)CC4)nc3C)cc12.CNCC(C)(C)F. The van der Waals surface area contributed by atoms with Gasteiger partial charge in [0.15, 0.2) is 0 Å². The maximum absolute atomic E-state index is 13.3. The number of aryl methyl sites for hydroxylation is 1. The number of rotatable bonds is 8. The molecule has 0 spiro atoms. The standard InChI is InChI=1S/C23H25F2N5.C5H12FN/c1-4-18-13-28-30-10-7-19(11-21(18)30)15(2)20-14-27-22(29-16(20)3)26-12-17-5-8-23(24,25)9-6-17;1-5(2,6)4-7-3/h4,7,10-11,13-14,17H,1-2,5-6,8-9,12H2,3H3,(H,26,27,29);7H,4H2,1-3H3. The molecule has 0 atom stereocenters. The van der Waals surface area contributed by atoms with E-state index in [0.717, 1.165) is 33.5 Å². The molecule has 1 fully saturated rings. The van der Waals surface area contributed by atoms with Crippen molar-refractivity contribution in [3.8, 4) is 0 Å². The van der Waals surface area contributed by atoms with Gasteiger partial charge >= 0.3 is 0 Å². The number of hydrogen-bond donors (Lipinski definition) is 2. The second kappa shape index (κ2) is 11.9. The molecule has 37 heavy (non-hydrogen) atoms. The Hall–Kier alpha value is -3.20. The number of halogens is 3. The van der Waals surface area contributed by atoms with Crippen LogP contribution < -0.4 is 10.6 Å². The Morgan fingerprint density at radius 3 is 2.54 bits per heavy atom. The Balaban J connectivity index is 0.000000479. The molecule has 0 aliphatic heterocycles. The number of hydrogen-bond acceptors (Lipinski definition) is 5. The number of anilines is 1. The van der Waals surface area contributed by atoms with E-state index in [-0.39, 0.29) is 18.8 Å². The van der Waals surface area contributed by atoms with E-state index in [1.165, 1.54) is 0 Å². The summed E-state index contributed by atoms with van der Waals surface area (Å²) in [6.07, 6.45) is 8.18. The molecule has 1 aliphatic rings. The van der Waals surface area contributed by atoms with Crippen LogP contribution in [0, 0.1) is 12.8 Å². The van der Waals surface area contributed by atoms with Gasteiger partial charge in [0, 0.05) is 49.5 Å². The van der Waals surface area contributed by atoms with E-state index >= 15 is 0 Å². The molecule has 2 N–H and O–H groups in total. The van der Waals surface area contributed by atoms with Crippen molar-refractivity contribution in [2.75, 3.05) is 25.5 Å². The Morgan fingerprint density at radius 1 is 1.27 bits per heavy atom. The highest BCUT2D eigenvalue weighted by Crippen LogP contribution is 2.36. The van der Waals surface area contributed by atoms with Crippen molar-refractivity contribution in [3.63, 3.8) is 0 Å². The monoisotopic (exact) mass is 514 g/mol. The lowest BCUT2D eigenvalue weighted by Crippen LogP contribution is -2.28. The molecule has 0 unspecified atom stereocenters. The Kier molecular flexibility index (Phi) is 9.12. The van der Waals surface area contributed by atoms with E-state index in [1.807, 2.05) is 25.3 Å². The quantitative estimate of drug-likeness (QED) is 0.368. The van der Waals surface area contributed by atoms with E-state index in [0.29, 0.717) is 31.9 Å². The average Bonchev–Trinajstić information content (AvgIpc) is 3.25. The normalized spacial score (nSPS) is 15.6. The number of pyridine rings is 1. The molecular weight excluding hydrogens is 477 g/mol. The van der Waals surface area contributed by atoms with Crippen molar-refractivity contribution in [3.05, 3.63) is 66.3 Å². The summed E-state index contributed by atoms with van der Waals surface area (Å²) in [5.74, 6) is -1.76. The molecule has 0 bridgehead atoms. The topological polar surface area (TPSA) is 67.1 Å². The minimum absolute atomic E-state index is 0.0346. The van der Waals surface area contributed by atoms with E-state index in [2.05, 4.69) is 38.9 Å². The maximum Gasteiger partial charge on any atom is 0.248 e. The van der Waals surface area contributed by atoms with E-state index in [1.54, 1.807) is 43.9 Å². The van der Waals surface area contributed by atoms with Crippen molar-refractivity contribution >= 4 is 23.1 Å². The van der Waals surface area contributed by atoms with Crippen LogP contribution in [0.2, 0.25) is 0 Å². The molecule has 4 rings (SSSR count). The van der Waals surface area contributed by atoms with Crippen LogP contribution in [0.25, 0.3) is 17.2 Å². The van der Waals surface area contributed by atoms with Crippen LogP contribution in [0.5, 0.6) is 0 Å². The number of alkyl halides is 3. The van der Waals surface area contributed by atoms with Crippen LogP contribution >= 0.6 is 0 Å². The van der Waals surface area contributed by atoms with Gasteiger partial charge in [0.1, 0.15) is 5.67 Å². The second-order valence-corrected chi connectivity index (χ2v) is 10.1. The summed E-state index contributed by atoms with van der Waals surface area (Å²) in [5, 5.41) is 10.2. The summed E-state index contributed by atoms with van der Waals surface area (Å²) in [6, 6.07) is 3.98. The Morgan fingerprint density at radius 2 is 1.97 bits per heavy atom. The fraction of sp³-hybridized carbons (Fsp3) is 0.464. The highest BCUT2D eigenvalue weighted by molar-refractivity contribution is 5.82. The highest BCUT2D eigenvalue weighted by Gasteiger charge is 2.34. The number of aromatic nitrogens is 4. The van der Waals surface area contributed by atoms with Crippen LogP contribution in [0.4, 0.5) is 19.1 Å². The van der Waals surface area contributed by atoms with Gasteiger partial charge < -0.3 is 10.6 Å². The van der Waals surface area contributed by atoms with Gasteiger partial charge in [-0.15, -0.1) is 0 Å². The Labute approximate surface area is 217 Å². The average molecular weight is 515 g/mol. The van der Waals surface area contributed by atoms with Crippen molar-refractivity contribution < 1.29 is 13.2 Å². The van der Waals surface area contributed by atoms with Gasteiger partial charge in [-0.05, 0) is 69.8 Å². The van der Waals surface area contributed by atoms with Crippen molar-refractivity contribution in [2.24, 2.45) is 5.92 Å². The number of fused-ring (bicyclic) bond motifs is 1. The van der Waals surface area contributed by atoms with Crippen LogP contribution in [0.1, 0.15) is 61.9 Å². The summed E-state index contributed by atoms with van der Waals surface area (Å²) in [7, 11) is 1.74. The highest BCUT2D eigenvalue weighted by atomic mass is 19.3. The molecule has 3 aromatic heterocycles. The van der Waals surface area contributed by atoms with E-state index in [9.17, 15) is 13.2 Å². The third kappa shape index (κ3) is 7.89. The van der Waals surface area contributed by atoms with Gasteiger partial charge in [0.25, 0.3) is 0 Å². The molecule has 1 aliphatic carbocycles. The number of nitrogens with one attached hydrogen (secondary N) is 2. The molecule has 6 nitrogen and oxygen atoms in total. The lowest BCUT2D eigenvalue weighted by atomic mass is 9.87. The zero-order valence-corrected chi connectivity index (χ0v) is 22.1. The molecular formula is C28H37F3N6. The molecule has 0 saturated heterocycles. The summed E-state index contributed by atoms with van der Waals surface area (Å²) in [5.41, 5.74) is 4.31. The van der Waals surface area contributed by atoms with E-state index in [4.69, 9.17) is 0 Å². The molecule has 3 aromatic rings. The van der Waals surface area contributed by atoms with Gasteiger partial charge in [-0.2, -0.15) is 5.10 Å². The van der Waals surface area contributed by atoms with E-state index < -0.39 is 11.6 Å². The molecule has 9 heteroatoms. The fourth-order valence-corrected chi connectivity index (χ4v) is 4.31. The predicted molar refractivity (Wildman–Crippen MR) is 145 cm³/mol. The molecule has 3 heterocycles. The van der Waals surface area contributed by atoms with Crippen LogP contribution in [0.3, 0.4) is 0 Å². The summed E-state index contributed by atoms with van der Waals surface area (Å²) < 4.78 is 40.7. The fourth-order valence-electron chi connectivity index (χ4n) is 4.31. The van der Waals surface area contributed by atoms with Gasteiger partial charge in [-0.25, -0.2) is 27.7 Å². The van der Waals surface area contributed by atoms with Crippen LogP contribution in [-0.4, -0.2) is 51.3 Å². The first kappa shape index (κ1) is 28.4. The van der Waals surface area contributed by atoms with Crippen LogP contribution in [0.15, 0.2) is 43.9 Å². The molecule has 0 amide bonds. The molecule has 0 aromatic carbocycles.